The molecular weight excluding hydrogens is 398 g/mol. The van der Waals surface area contributed by atoms with Gasteiger partial charge in [0.05, 0.1) is 25.2 Å². The summed E-state index contributed by atoms with van der Waals surface area (Å²) in [4.78, 5) is 36.2. The van der Waals surface area contributed by atoms with E-state index < -0.39 is 17.5 Å². The van der Waals surface area contributed by atoms with E-state index in [-0.39, 0.29) is 31.1 Å². The number of methoxy groups -OCH3 is 1. The Morgan fingerprint density at radius 1 is 1.10 bits per heavy atom. The Kier molecular flexibility index (Phi) is 12.7. The van der Waals surface area contributed by atoms with Crippen LogP contribution in [0.4, 0.5) is 0 Å². The van der Waals surface area contributed by atoms with Crippen molar-refractivity contribution in [2.45, 2.75) is 64.4 Å². The molecule has 0 spiro atoms. The van der Waals surface area contributed by atoms with Gasteiger partial charge in [-0.25, -0.2) is 0 Å². The van der Waals surface area contributed by atoms with Crippen molar-refractivity contribution in [2.75, 3.05) is 26.9 Å². The molecule has 0 aliphatic carbocycles. The van der Waals surface area contributed by atoms with Crippen molar-refractivity contribution in [1.82, 2.24) is 5.32 Å². The number of aliphatic hydroxyl groups is 1. The topological polar surface area (TPSA) is 102 Å². The zero-order valence-corrected chi connectivity index (χ0v) is 19.0. The van der Waals surface area contributed by atoms with Gasteiger partial charge in [-0.2, -0.15) is 0 Å². The third-order valence-corrected chi connectivity index (χ3v) is 5.19. The Hall–Kier alpha value is -2.25. The molecule has 174 valence electrons. The fourth-order valence-corrected chi connectivity index (χ4v) is 3.24. The molecule has 1 unspecified atom stereocenters. The minimum absolute atomic E-state index is 0.0555. The average Bonchev–Trinajstić information content (AvgIpc) is 2.77. The van der Waals surface area contributed by atoms with Gasteiger partial charge in [-0.1, -0.05) is 50.1 Å². The number of unbranched alkanes of at least 4 members (excludes halogenated alkanes) is 2. The zero-order chi connectivity index (χ0) is 23.1. The van der Waals surface area contributed by atoms with E-state index in [4.69, 9.17) is 9.47 Å². The number of esters is 1. The van der Waals surface area contributed by atoms with E-state index >= 15 is 0 Å². The largest absolute Gasteiger partial charge is 0.469 e. The number of ether oxygens (including phenoxy) is 2. The molecule has 2 N–H and O–H groups in total. The van der Waals surface area contributed by atoms with Gasteiger partial charge in [0.1, 0.15) is 0 Å². The summed E-state index contributed by atoms with van der Waals surface area (Å²) in [5, 5.41) is 13.5. The lowest BCUT2D eigenvalue weighted by molar-refractivity contribution is -0.160. The van der Waals surface area contributed by atoms with Crippen molar-refractivity contribution in [3.05, 3.63) is 35.9 Å². The van der Waals surface area contributed by atoms with Gasteiger partial charge in [0.2, 0.25) is 5.91 Å². The molecular formula is C24H37NO6. The van der Waals surface area contributed by atoms with Crippen LogP contribution in [-0.4, -0.2) is 55.2 Å². The minimum atomic E-state index is -1.32. The number of rotatable bonds is 16. The van der Waals surface area contributed by atoms with Crippen LogP contribution in [0.5, 0.6) is 0 Å². The molecule has 7 heteroatoms. The normalized spacial score (nSPS) is 13.8. The quantitative estimate of drug-likeness (QED) is 0.235. The van der Waals surface area contributed by atoms with E-state index in [2.05, 4.69) is 12.2 Å². The fraction of sp³-hybridized carbons (Fsp3) is 0.625. The van der Waals surface area contributed by atoms with Crippen molar-refractivity contribution in [3.8, 4) is 0 Å². The summed E-state index contributed by atoms with van der Waals surface area (Å²) in [6, 6.07) is 8.91. The van der Waals surface area contributed by atoms with Crippen LogP contribution < -0.4 is 5.32 Å². The van der Waals surface area contributed by atoms with E-state index in [0.717, 1.165) is 12.8 Å². The van der Waals surface area contributed by atoms with Gasteiger partial charge in [0.25, 0.3) is 0 Å². The van der Waals surface area contributed by atoms with Gasteiger partial charge in [-0.3, -0.25) is 14.4 Å². The summed E-state index contributed by atoms with van der Waals surface area (Å²) in [7, 11) is 1.31. The molecule has 0 saturated carbocycles. The number of amides is 1. The molecule has 0 heterocycles. The number of carbonyl (C=O) groups excluding carboxylic acids is 3. The minimum Gasteiger partial charge on any atom is -0.469 e. The molecule has 31 heavy (non-hydrogen) atoms. The van der Waals surface area contributed by atoms with Crippen molar-refractivity contribution in [3.63, 3.8) is 0 Å². The van der Waals surface area contributed by atoms with Crippen LogP contribution in [0.25, 0.3) is 0 Å². The molecule has 7 nitrogen and oxygen atoms in total. The van der Waals surface area contributed by atoms with Crippen LogP contribution in [0, 0.1) is 5.92 Å². The molecule has 0 aliphatic rings. The predicted molar refractivity (Wildman–Crippen MR) is 119 cm³/mol. The summed E-state index contributed by atoms with van der Waals surface area (Å²) in [6.45, 7) is 4.70. The Balaban J connectivity index is 2.32. The molecule has 1 rings (SSSR count). The third-order valence-electron chi connectivity index (χ3n) is 5.19. The number of hydrogen-bond donors (Lipinski definition) is 2. The highest BCUT2D eigenvalue weighted by Gasteiger charge is 2.38. The summed E-state index contributed by atoms with van der Waals surface area (Å²) >= 11 is 0. The third kappa shape index (κ3) is 10.6. The summed E-state index contributed by atoms with van der Waals surface area (Å²) in [5.41, 5.74) is -0.711. The average molecular weight is 436 g/mol. The standard InChI is InChI=1S/C24H37NO6/c1-4-5-17-31-18-24(2,29)20(23(28)30-3)13-9-10-16-25-22(27)15-14-21(26)19-11-7-6-8-12-19/h6-8,11-12,20,29H,4-5,9-10,13-18H2,1-3H3,(H,25,27)/t20-,24?/m1/s1. The maximum atomic E-state index is 12.1. The van der Waals surface area contributed by atoms with Crippen LogP contribution in [0.2, 0.25) is 0 Å². The lowest BCUT2D eigenvalue weighted by Crippen LogP contribution is -2.44. The van der Waals surface area contributed by atoms with Crippen LogP contribution >= 0.6 is 0 Å². The van der Waals surface area contributed by atoms with Crippen LogP contribution in [0.3, 0.4) is 0 Å². The van der Waals surface area contributed by atoms with Crippen molar-refractivity contribution in [1.29, 1.82) is 0 Å². The van der Waals surface area contributed by atoms with Crippen LogP contribution in [-0.2, 0) is 19.1 Å². The lowest BCUT2D eigenvalue weighted by atomic mass is 9.85. The van der Waals surface area contributed by atoms with Crippen LogP contribution in [0.1, 0.15) is 69.2 Å². The van der Waals surface area contributed by atoms with Crippen molar-refractivity contribution in [2.24, 2.45) is 5.92 Å². The smallest absolute Gasteiger partial charge is 0.311 e. The molecule has 0 bridgehead atoms. The first kappa shape index (κ1) is 26.8. The lowest BCUT2D eigenvalue weighted by Gasteiger charge is -2.31. The highest BCUT2D eigenvalue weighted by atomic mass is 16.5. The number of hydrogen-bond acceptors (Lipinski definition) is 6. The molecule has 2 atom stereocenters. The fourth-order valence-electron chi connectivity index (χ4n) is 3.24. The molecule has 0 radical (unpaired) electrons. The number of benzene rings is 1. The molecule has 0 fully saturated rings. The first-order valence-corrected chi connectivity index (χ1v) is 11.0. The maximum absolute atomic E-state index is 12.1. The van der Waals surface area contributed by atoms with E-state index in [1.807, 2.05) is 6.07 Å². The van der Waals surface area contributed by atoms with Crippen molar-refractivity contribution >= 4 is 17.7 Å². The maximum Gasteiger partial charge on any atom is 0.311 e. The van der Waals surface area contributed by atoms with Crippen molar-refractivity contribution < 1.29 is 29.0 Å². The SMILES string of the molecule is CCCCOCC(C)(O)[C@H](CCCCNC(=O)CCC(=O)c1ccccc1)C(=O)OC. The van der Waals surface area contributed by atoms with E-state index in [0.29, 0.717) is 38.0 Å². The van der Waals surface area contributed by atoms with Gasteiger partial charge in [-0.05, 0) is 26.2 Å². The van der Waals surface area contributed by atoms with Gasteiger partial charge >= 0.3 is 5.97 Å². The molecule has 1 aromatic carbocycles. The number of ketones is 1. The van der Waals surface area contributed by atoms with Crippen LogP contribution in [0.15, 0.2) is 30.3 Å². The van der Waals surface area contributed by atoms with E-state index in [1.54, 1.807) is 31.2 Å². The molecule has 0 aromatic heterocycles. The zero-order valence-electron chi connectivity index (χ0n) is 19.0. The highest BCUT2D eigenvalue weighted by Crippen LogP contribution is 2.25. The van der Waals surface area contributed by atoms with Gasteiger partial charge in [0.15, 0.2) is 5.78 Å². The molecule has 1 amide bonds. The first-order chi connectivity index (χ1) is 14.8. The number of nitrogens with one attached hydrogen (secondary N) is 1. The number of carbonyl (C=O) groups is 3. The Morgan fingerprint density at radius 2 is 1.81 bits per heavy atom. The van der Waals surface area contributed by atoms with Gasteiger partial charge < -0.3 is 19.9 Å². The summed E-state index contributed by atoms with van der Waals surface area (Å²) in [5.74, 6) is -1.39. The molecule has 0 saturated heterocycles. The summed E-state index contributed by atoms with van der Waals surface area (Å²) < 4.78 is 10.4. The van der Waals surface area contributed by atoms with Gasteiger partial charge in [-0.15, -0.1) is 0 Å². The Bertz CT molecular complexity index is 674. The first-order valence-electron chi connectivity index (χ1n) is 11.0. The predicted octanol–water partition coefficient (Wildman–Crippen LogP) is 3.29. The molecule has 1 aromatic rings. The summed E-state index contributed by atoms with van der Waals surface area (Å²) in [6.07, 6.45) is 3.92. The van der Waals surface area contributed by atoms with Gasteiger partial charge in [0, 0.05) is 31.6 Å². The monoisotopic (exact) mass is 435 g/mol. The molecule has 0 aliphatic heterocycles. The number of Topliss-reactive ketones (excluding diaryl/α,β-unsaturated/α-hetero) is 1. The Morgan fingerprint density at radius 3 is 2.45 bits per heavy atom. The van der Waals surface area contributed by atoms with E-state index in [1.165, 1.54) is 7.11 Å². The second-order valence-electron chi connectivity index (χ2n) is 7.97. The second-order valence-corrected chi connectivity index (χ2v) is 7.97. The van der Waals surface area contributed by atoms with E-state index in [9.17, 15) is 19.5 Å². The second kappa shape index (κ2) is 14.7. The Labute approximate surface area is 185 Å². The highest BCUT2D eigenvalue weighted by molar-refractivity contribution is 5.97.